The lowest BCUT2D eigenvalue weighted by Crippen LogP contribution is -2.33. The summed E-state index contributed by atoms with van der Waals surface area (Å²) in [5.41, 5.74) is 0. The summed E-state index contributed by atoms with van der Waals surface area (Å²) in [6.07, 6.45) is 0.0970. The third-order valence-electron chi connectivity index (χ3n) is 1.60. The van der Waals surface area contributed by atoms with E-state index < -0.39 is 0 Å². The van der Waals surface area contributed by atoms with Gasteiger partial charge in [0.25, 0.3) is 0 Å². The van der Waals surface area contributed by atoms with Gasteiger partial charge in [-0.05, 0) is 13.8 Å². The second-order valence-corrected chi connectivity index (χ2v) is 3.17. The average Bonchev–Trinajstić information content (AvgIpc) is 2.10. The first-order valence-corrected chi connectivity index (χ1v) is 4.42. The fourth-order valence-corrected chi connectivity index (χ4v) is 0.701. The highest BCUT2D eigenvalue weighted by Crippen LogP contribution is 1.91. The van der Waals surface area contributed by atoms with E-state index >= 15 is 0 Å². The number of amides is 1. The molecule has 0 saturated heterocycles. The van der Waals surface area contributed by atoms with Gasteiger partial charge in [0.05, 0.1) is 12.7 Å². The molecule has 0 aliphatic heterocycles. The minimum Gasteiger partial charge on any atom is -0.383 e. The van der Waals surface area contributed by atoms with Gasteiger partial charge in [-0.3, -0.25) is 4.79 Å². The van der Waals surface area contributed by atoms with E-state index in [-0.39, 0.29) is 18.6 Å². The molecule has 0 fully saturated rings. The summed E-state index contributed by atoms with van der Waals surface area (Å²) in [6, 6.07) is 0. The van der Waals surface area contributed by atoms with Crippen molar-refractivity contribution < 1.29 is 14.3 Å². The molecule has 4 nitrogen and oxygen atoms in total. The lowest BCUT2D eigenvalue weighted by molar-refractivity contribution is -0.136. The maximum Gasteiger partial charge on any atom is 0.248 e. The average molecular weight is 189 g/mol. The Kier molecular flexibility index (Phi) is 6.54. The summed E-state index contributed by atoms with van der Waals surface area (Å²) in [5, 5.41) is 0. The van der Waals surface area contributed by atoms with E-state index in [0.717, 1.165) is 0 Å². The monoisotopic (exact) mass is 189 g/mol. The molecule has 0 unspecified atom stereocenters. The van der Waals surface area contributed by atoms with Gasteiger partial charge >= 0.3 is 0 Å². The van der Waals surface area contributed by atoms with E-state index in [0.29, 0.717) is 13.2 Å². The minimum absolute atomic E-state index is 0.00856. The van der Waals surface area contributed by atoms with Crippen LogP contribution < -0.4 is 0 Å². The molecule has 0 aromatic heterocycles. The van der Waals surface area contributed by atoms with Gasteiger partial charge in [-0.2, -0.15) is 0 Å². The SMILES string of the molecule is COCCN(C)C(=O)COC(C)C. The van der Waals surface area contributed by atoms with Crippen molar-refractivity contribution in [1.29, 1.82) is 0 Å². The van der Waals surface area contributed by atoms with Crippen molar-refractivity contribution in [3.63, 3.8) is 0 Å². The Morgan fingerprint density at radius 1 is 1.46 bits per heavy atom. The number of nitrogens with zero attached hydrogens (tertiary/aromatic N) is 1. The van der Waals surface area contributed by atoms with Gasteiger partial charge in [0.15, 0.2) is 0 Å². The molecular formula is C9H19NO3. The highest BCUT2D eigenvalue weighted by molar-refractivity contribution is 5.77. The lowest BCUT2D eigenvalue weighted by atomic mass is 10.4. The van der Waals surface area contributed by atoms with Crippen LogP contribution in [0.25, 0.3) is 0 Å². The summed E-state index contributed by atoms with van der Waals surface area (Å²) in [6.45, 7) is 5.13. The normalized spacial score (nSPS) is 10.5. The highest BCUT2D eigenvalue weighted by Gasteiger charge is 2.08. The molecule has 0 saturated carbocycles. The molecule has 0 rings (SSSR count). The van der Waals surface area contributed by atoms with Crippen LogP contribution in [0, 0.1) is 0 Å². The molecule has 0 aliphatic carbocycles. The zero-order chi connectivity index (χ0) is 10.3. The number of methoxy groups -OCH3 is 1. The molecule has 0 heterocycles. The van der Waals surface area contributed by atoms with E-state index in [4.69, 9.17) is 9.47 Å². The predicted octanol–water partition coefficient (Wildman–Crippen LogP) is 0.516. The standard InChI is InChI=1S/C9H19NO3/c1-8(2)13-7-9(11)10(3)5-6-12-4/h8H,5-7H2,1-4H3. The Morgan fingerprint density at radius 2 is 2.08 bits per heavy atom. The molecule has 4 heteroatoms. The van der Waals surface area contributed by atoms with Crippen LogP contribution in [0.5, 0.6) is 0 Å². The van der Waals surface area contributed by atoms with Gasteiger partial charge in [-0.1, -0.05) is 0 Å². The van der Waals surface area contributed by atoms with Crippen molar-refractivity contribution >= 4 is 5.91 Å². The molecule has 0 aromatic carbocycles. The zero-order valence-electron chi connectivity index (χ0n) is 8.87. The van der Waals surface area contributed by atoms with Gasteiger partial charge in [0, 0.05) is 20.7 Å². The van der Waals surface area contributed by atoms with Crippen LogP contribution in [0.4, 0.5) is 0 Å². The highest BCUT2D eigenvalue weighted by atomic mass is 16.5. The first-order chi connectivity index (χ1) is 6.07. The maximum atomic E-state index is 11.3. The summed E-state index contributed by atoms with van der Waals surface area (Å²) >= 11 is 0. The molecule has 78 valence electrons. The van der Waals surface area contributed by atoms with Crippen molar-refractivity contribution in [2.45, 2.75) is 20.0 Å². The Labute approximate surface area is 79.8 Å². The van der Waals surface area contributed by atoms with Crippen LogP contribution in [0.15, 0.2) is 0 Å². The Hall–Kier alpha value is -0.610. The largest absolute Gasteiger partial charge is 0.383 e. The van der Waals surface area contributed by atoms with Crippen LogP contribution in [0.2, 0.25) is 0 Å². The number of carbonyl (C=O) groups excluding carboxylic acids is 1. The molecule has 13 heavy (non-hydrogen) atoms. The van der Waals surface area contributed by atoms with Crippen LogP contribution in [-0.2, 0) is 14.3 Å². The maximum absolute atomic E-state index is 11.3. The first kappa shape index (κ1) is 12.4. The number of carbonyl (C=O) groups is 1. The third-order valence-corrected chi connectivity index (χ3v) is 1.60. The Morgan fingerprint density at radius 3 is 2.54 bits per heavy atom. The van der Waals surface area contributed by atoms with Gasteiger partial charge in [-0.25, -0.2) is 0 Å². The number of ether oxygens (including phenoxy) is 2. The summed E-state index contributed by atoms with van der Waals surface area (Å²) in [4.78, 5) is 12.9. The van der Waals surface area contributed by atoms with E-state index in [1.54, 1.807) is 19.1 Å². The van der Waals surface area contributed by atoms with E-state index in [9.17, 15) is 4.79 Å². The molecule has 0 spiro atoms. The van der Waals surface area contributed by atoms with Crippen molar-refractivity contribution in [1.82, 2.24) is 4.90 Å². The van der Waals surface area contributed by atoms with E-state index in [1.165, 1.54) is 0 Å². The Bertz CT molecular complexity index is 148. The van der Waals surface area contributed by atoms with Crippen molar-refractivity contribution in [3.05, 3.63) is 0 Å². The number of rotatable bonds is 6. The van der Waals surface area contributed by atoms with Gasteiger partial charge in [-0.15, -0.1) is 0 Å². The number of hydrogen-bond donors (Lipinski definition) is 0. The summed E-state index contributed by atoms with van der Waals surface area (Å²) in [5.74, 6) is -0.00856. The molecule has 0 N–H and O–H groups in total. The minimum atomic E-state index is -0.00856. The van der Waals surface area contributed by atoms with E-state index in [2.05, 4.69) is 0 Å². The van der Waals surface area contributed by atoms with E-state index in [1.807, 2.05) is 13.8 Å². The van der Waals surface area contributed by atoms with Crippen LogP contribution in [0.3, 0.4) is 0 Å². The molecule has 1 amide bonds. The molecule has 0 bridgehead atoms. The fourth-order valence-electron chi connectivity index (χ4n) is 0.701. The summed E-state index contributed by atoms with van der Waals surface area (Å²) in [7, 11) is 3.36. The fraction of sp³-hybridized carbons (Fsp3) is 0.889. The quantitative estimate of drug-likeness (QED) is 0.611. The Balaban J connectivity index is 3.57. The molecule has 0 aromatic rings. The lowest BCUT2D eigenvalue weighted by Gasteiger charge is -2.17. The van der Waals surface area contributed by atoms with Crippen molar-refractivity contribution in [2.75, 3.05) is 33.9 Å². The molecule has 0 radical (unpaired) electrons. The first-order valence-electron chi connectivity index (χ1n) is 4.42. The van der Waals surface area contributed by atoms with Crippen LogP contribution in [-0.4, -0.2) is 50.8 Å². The number of hydrogen-bond acceptors (Lipinski definition) is 3. The smallest absolute Gasteiger partial charge is 0.248 e. The predicted molar refractivity (Wildman–Crippen MR) is 50.6 cm³/mol. The molecule has 0 aliphatic rings. The van der Waals surface area contributed by atoms with Crippen LogP contribution >= 0.6 is 0 Å². The van der Waals surface area contributed by atoms with Gasteiger partial charge in [0.1, 0.15) is 6.61 Å². The topological polar surface area (TPSA) is 38.8 Å². The second kappa shape index (κ2) is 6.86. The van der Waals surface area contributed by atoms with Gasteiger partial charge in [0.2, 0.25) is 5.91 Å². The van der Waals surface area contributed by atoms with Crippen molar-refractivity contribution in [2.24, 2.45) is 0 Å². The molecule has 0 atom stereocenters. The summed E-state index contributed by atoms with van der Waals surface area (Å²) < 4.78 is 10.0. The molecular weight excluding hydrogens is 170 g/mol. The van der Waals surface area contributed by atoms with Gasteiger partial charge < -0.3 is 14.4 Å². The number of likely N-dealkylation sites (N-methyl/N-ethyl adjacent to an activating group) is 1. The third kappa shape index (κ3) is 6.54. The van der Waals surface area contributed by atoms with Crippen LogP contribution in [0.1, 0.15) is 13.8 Å². The van der Waals surface area contributed by atoms with Crippen molar-refractivity contribution in [3.8, 4) is 0 Å². The second-order valence-electron chi connectivity index (χ2n) is 3.17. The zero-order valence-corrected chi connectivity index (χ0v) is 8.87.